The number of nitrogens with zero attached hydrogens (tertiary/aromatic N) is 6. The molecule has 12 nitrogen and oxygen atoms in total. The molecule has 0 saturated heterocycles. The van der Waals surface area contributed by atoms with Gasteiger partial charge in [0.05, 0.1) is 21.9 Å². The van der Waals surface area contributed by atoms with Crippen LogP contribution >= 0.6 is 0 Å². The molecule has 418 valence electrons. The fraction of sp³-hybridized carbons (Fsp3) is 0.222. The van der Waals surface area contributed by atoms with Gasteiger partial charge in [-0.1, -0.05) is 180 Å². The first-order valence-electron chi connectivity index (χ1n) is 28.6. The molecule has 2 aliphatic rings. The number of hydrogen-bond donors (Lipinski definition) is 2. The lowest BCUT2D eigenvalue weighted by Crippen LogP contribution is -2.10. The molecule has 13 rings (SSSR count). The van der Waals surface area contributed by atoms with Gasteiger partial charge < -0.3 is 28.9 Å². The van der Waals surface area contributed by atoms with Gasteiger partial charge in [-0.2, -0.15) is 0 Å². The van der Waals surface area contributed by atoms with Crippen molar-refractivity contribution in [3.05, 3.63) is 192 Å². The number of aromatic amines is 2. The van der Waals surface area contributed by atoms with Crippen LogP contribution in [0, 0.1) is 0 Å². The first-order valence-corrected chi connectivity index (χ1v) is 28.6. The maximum atomic E-state index is 6.84. The van der Waals surface area contributed by atoms with E-state index < -0.39 is 0 Å². The Morgan fingerprint density at radius 1 is 0.274 bits per heavy atom. The highest BCUT2D eigenvalue weighted by Gasteiger charge is 2.29. The number of ether oxygens (including phenoxy) is 4. The lowest BCUT2D eigenvalue weighted by molar-refractivity contribution is 0.483. The summed E-state index contributed by atoms with van der Waals surface area (Å²) in [7, 11) is 0. The summed E-state index contributed by atoms with van der Waals surface area (Å²) in [5.74, 6) is 6.50. The number of aromatic nitrogens is 8. The van der Waals surface area contributed by atoms with E-state index in [0.29, 0.717) is 125 Å². The van der Waals surface area contributed by atoms with E-state index in [1.165, 1.54) is 22.3 Å². The Bertz CT molecular complexity index is 4260. The van der Waals surface area contributed by atoms with E-state index in [9.17, 15) is 0 Å². The summed E-state index contributed by atoms with van der Waals surface area (Å²) in [5, 5.41) is 2.87. The molecule has 12 heteroatoms. The third-order valence-electron chi connectivity index (χ3n) is 15.6. The lowest BCUT2D eigenvalue weighted by Gasteiger charge is -2.19. The zero-order valence-corrected chi connectivity index (χ0v) is 49.5. The minimum absolute atomic E-state index is 0.0375. The monoisotopic (exact) mass is 1110 g/mol. The van der Waals surface area contributed by atoms with Crippen LogP contribution in [0.4, 0.5) is 0 Å². The molecule has 0 atom stereocenters. The van der Waals surface area contributed by atoms with Crippen molar-refractivity contribution < 1.29 is 18.9 Å². The van der Waals surface area contributed by atoms with Crippen LogP contribution in [0.25, 0.3) is 89.7 Å². The van der Waals surface area contributed by atoms with Crippen LogP contribution < -0.4 is 18.9 Å². The van der Waals surface area contributed by atoms with E-state index in [4.69, 9.17) is 48.9 Å². The third-order valence-corrected chi connectivity index (χ3v) is 15.6. The fourth-order valence-corrected chi connectivity index (χ4v) is 10.8. The number of H-pyrrole nitrogens is 2. The molecule has 0 radical (unpaired) electrons. The number of nitrogens with one attached hydrogen (secondary N) is 2. The summed E-state index contributed by atoms with van der Waals surface area (Å²) in [5.41, 5.74) is 9.30. The van der Waals surface area contributed by atoms with Gasteiger partial charge in [-0.3, -0.25) is 0 Å². The molecule has 3 aromatic heterocycles. The molecular weight excluding hydrogens is 1040 g/mol. The van der Waals surface area contributed by atoms with Gasteiger partial charge in [0, 0.05) is 21.9 Å². The van der Waals surface area contributed by atoms with Crippen LogP contribution in [-0.2, 0) is 21.7 Å². The van der Waals surface area contributed by atoms with Gasteiger partial charge in [-0.25, -0.2) is 29.9 Å². The second-order valence-electron chi connectivity index (χ2n) is 25.8. The van der Waals surface area contributed by atoms with Gasteiger partial charge in [-0.15, -0.1) is 0 Å². The largest absolute Gasteiger partial charge is 0.457 e. The Kier molecular flexibility index (Phi) is 12.8. The highest BCUT2D eigenvalue weighted by molar-refractivity contribution is 6.10. The highest BCUT2D eigenvalue weighted by Crippen LogP contribution is 2.47. The summed E-state index contributed by atoms with van der Waals surface area (Å²) < 4.78 is 27.3. The Morgan fingerprint density at radius 2 is 0.548 bits per heavy atom. The van der Waals surface area contributed by atoms with E-state index in [0.717, 1.165) is 10.8 Å². The summed E-state index contributed by atoms with van der Waals surface area (Å²) in [6.45, 7) is 26.4. The van der Waals surface area contributed by atoms with E-state index >= 15 is 0 Å². The average Bonchev–Trinajstić information content (AvgIpc) is 3.01. The van der Waals surface area contributed by atoms with Crippen LogP contribution in [0.15, 0.2) is 170 Å². The van der Waals surface area contributed by atoms with Crippen molar-refractivity contribution in [3.63, 3.8) is 0 Å². The van der Waals surface area contributed by atoms with E-state index in [-0.39, 0.29) is 21.7 Å². The van der Waals surface area contributed by atoms with Crippen LogP contribution in [0.2, 0.25) is 0 Å². The van der Waals surface area contributed by atoms with Crippen molar-refractivity contribution in [2.75, 3.05) is 0 Å². The number of hydrogen-bond acceptors (Lipinski definition) is 10. The second-order valence-corrected chi connectivity index (χ2v) is 25.8. The molecular formula is C72H66N8O4. The first kappa shape index (κ1) is 53.6. The summed E-state index contributed by atoms with van der Waals surface area (Å²) in [6, 6.07) is 56.5. The zero-order valence-electron chi connectivity index (χ0n) is 49.5. The van der Waals surface area contributed by atoms with Crippen LogP contribution in [0.1, 0.15) is 105 Å². The van der Waals surface area contributed by atoms with Crippen molar-refractivity contribution in [1.29, 1.82) is 0 Å². The van der Waals surface area contributed by atoms with Crippen molar-refractivity contribution in [1.82, 2.24) is 39.9 Å². The molecule has 0 spiro atoms. The van der Waals surface area contributed by atoms with Gasteiger partial charge in [0.15, 0.2) is 23.3 Å². The maximum absolute atomic E-state index is 6.84. The van der Waals surface area contributed by atoms with Gasteiger partial charge in [0.2, 0.25) is 0 Å². The van der Waals surface area contributed by atoms with Crippen LogP contribution in [0.5, 0.6) is 46.0 Å². The van der Waals surface area contributed by atoms with Crippen LogP contribution in [0.3, 0.4) is 0 Å². The molecule has 5 heterocycles. The number of benzene rings is 8. The molecule has 0 unspecified atom stereocenters. The molecule has 0 saturated carbocycles. The number of rotatable bonds is 8. The minimum Gasteiger partial charge on any atom is -0.457 e. The summed E-state index contributed by atoms with van der Waals surface area (Å²) in [6.07, 6.45) is 0. The second kappa shape index (κ2) is 20.0. The quantitative estimate of drug-likeness (QED) is 0.151. The Balaban J connectivity index is 1.09. The Labute approximate surface area is 489 Å². The molecule has 84 heavy (non-hydrogen) atoms. The minimum atomic E-state index is -0.0380. The van der Waals surface area contributed by atoms with Crippen molar-refractivity contribution in [3.8, 4) is 91.5 Å². The zero-order chi connectivity index (χ0) is 58.5. The topological polar surface area (TPSA) is 146 Å². The normalized spacial score (nSPS) is 12.5. The smallest absolute Gasteiger partial charge is 0.168 e. The Hall–Kier alpha value is -9.68. The fourth-order valence-electron chi connectivity index (χ4n) is 10.8. The van der Waals surface area contributed by atoms with Gasteiger partial charge in [0.1, 0.15) is 68.6 Å². The SMILES string of the molecule is CC(C)(C)c1ccc(Oc2cccc3c2-c2nc-3nc3[nH]c(nc4nc(nc5[nH]c(n2)c2cccc(Oc6ccc(C(C)(C)C)cc6)c52)-c2cccc(Oc5ccc(C(C)(C)C)cc5)c2-4)c2cccc(Oc4ccc(C(C)(C)C)cc4)c32)cc1. The van der Waals surface area contributed by atoms with Crippen molar-refractivity contribution >= 4 is 44.1 Å². The summed E-state index contributed by atoms with van der Waals surface area (Å²) in [4.78, 5) is 39.7. The van der Waals surface area contributed by atoms with E-state index in [2.05, 4.69) is 142 Å². The van der Waals surface area contributed by atoms with Gasteiger partial charge in [0.25, 0.3) is 0 Å². The lowest BCUT2D eigenvalue weighted by atomic mass is 9.87. The van der Waals surface area contributed by atoms with Gasteiger partial charge in [-0.05, 0) is 117 Å². The van der Waals surface area contributed by atoms with Gasteiger partial charge >= 0.3 is 0 Å². The molecule has 0 fully saturated rings. The maximum Gasteiger partial charge on any atom is 0.168 e. The predicted molar refractivity (Wildman–Crippen MR) is 337 cm³/mol. The van der Waals surface area contributed by atoms with Crippen LogP contribution in [-0.4, -0.2) is 39.9 Å². The van der Waals surface area contributed by atoms with Crippen molar-refractivity contribution in [2.24, 2.45) is 0 Å². The number of fused-ring (bicyclic) bond motifs is 20. The average molecular weight is 1110 g/mol. The Morgan fingerprint density at radius 3 is 0.857 bits per heavy atom. The molecule has 2 aliphatic heterocycles. The van der Waals surface area contributed by atoms with E-state index in [1.54, 1.807) is 0 Å². The summed E-state index contributed by atoms with van der Waals surface area (Å²) >= 11 is 0. The first-order chi connectivity index (χ1) is 40.1. The standard InChI is InChI=1S/C72H66N8O4/c1-69(2,3)41-25-33-45(34-26-41)81-53-21-13-17-49-57(53)65-73-61(49)78-66-59-51(19-15-23-55(59)83-47-37-29-43(30-38-47)71(7,8)9)63(75-66)80-68-60-52(20-16-24-56(60)84-48-39-31-44(32-40-48)72(10,11)12)64(76-68)79-67-58-50(62(74-67)77-65)18-14-22-54(58)82-46-35-27-42(28-36-46)70(4,5)6/h13-40H,1-12H3,(H2,73,74,75,76,77,78,79,80). The molecule has 0 amide bonds. The molecule has 0 aliphatic carbocycles. The van der Waals surface area contributed by atoms with E-state index in [1.807, 2.05) is 121 Å². The molecule has 8 aromatic carbocycles. The molecule has 11 aromatic rings. The third kappa shape index (κ3) is 10.2. The molecule has 8 bridgehead atoms. The predicted octanol–water partition coefficient (Wildman–Crippen LogP) is 19.2. The molecule has 2 N–H and O–H groups in total. The highest BCUT2D eigenvalue weighted by atomic mass is 16.5. The van der Waals surface area contributed by atoms with Crippen molar-refractivity contribution in [2.45, 2.75) is 105 Å².